The minimum Gasteiger partial charge on any atom is -0.361 e. The average Bonchev–Trinajstić information content (AvgIpc) is 2.13. The second-order valence-electron chi connectivity index (χ2n) is 5.72. The lowest BCUT2D eigenvalue weighted by Crippen LogP contribution is -2.56. The predicted octanol–water partition coefficient (Wildman–Crippen LogP) is 1.78. The van der Waals surface area contributed by atoms with Gasteiger partial charge >= 0.3 is 6.21 Å². The molecule has 0 bridgehead atoms. The van der Waals surface area contributed by atoms with Gasteiger partial charge in [-0.15, -0.1) is 10.3 Å². The van der Waals surface area contributed by atoms with E-state index < -0.39 is 11.1 Å². The Morgan fingerprint density at radius 3 is 2.18 bits per heavy atom. The molecule has 0 aliphatic carbocycles. The van der Waals surface area contributed by atoms with E-state index in [1.165, 1.54) is 6.08 Å². The van der Waals surface area contributed by atoms with Gasteiger partial charge in [0, 0.05) is 11.1 Å². The summed E-state index contributed by atoms with van der Waals surface area (Å²) in [4.78, 5) is 14.0. The molecule has 1 aliphatic rings. The summed E-state index contributed by atoms with van der Waals surface area (Å²) in [7, 11) is 0. The number of rotatable bonds is 2. The quantitative estimate of drug-likeness (QED) is 0.317. The summed E-state index contributed by atoms with van der Waals surface area (Å²) >= 11 is 0. The molecule has 0 atom stereocenters. The predicted molar refractivity (Wildman–Crippen MR) is 62.7 cm³/mol. The van der Waals surface area contributed by atoms with Crippen LogP contribution in [0.1, 0.15) is 40.5 Å². The van der Waals surface area contributed by atoms with E-state index in [1.54, 1.807) is 0 Å². The van der Waals surface area contributed by atoms with Crippen LogP contribution in [0.4, 0.5) is 0 Å². The molecule has 5 nitrogen and oxygen atoms in total. The van der Waals surface area contributed by atoms with E-state index in [1.807, 2.05) is 27.7 Å². The van der Waals surface area contributed by atoms with E-state index >= 15 is 0 Å². The van der Waals surface area contributed by atoms with Crippen LogP contribution in [0.15, 0.2) is 11.6 Å². The molecule has 0 unspecified atom stereocenters. The Labute approximate surface area is 101 Å². The number of carbonyl (C=O) groups is 1. The highest BCUT2D eigenvalue weighted by Gasteiger charge is 2.44. The molecule has 1 aliphatic heterocycles. The molecule has 0 saturated carbocycles. The molecule has 0 spiro atoms. The van der Waals surface area contributed by atoms with Crippen molar-refractivity contribution in [3.05, 3.63) is 17.2 Å². The van der Waals surface area contributed by atoms with Gasteiger partial charge in [0.25, 0.3) is 5.78 Å². The maximum atomic E-state index is 12.1. The number of carbonyl (C=O) groups excluding carboxylic acids is 1. The number of ketones is 1. The Balaban J connectivity index is 3.00. The average molecular weight is 236 g/mol. The van der Waals surface area contributed by atoms with E-state index in [2.05, 4.69) is 4.79 Å². The Morgan fingerprint density at radius 1 is 1.29 bits per heavy atom. The van der Waals surface area contributed by atoms with Crippen LogP contribution >= 0.6 is 0 Å². The van der Waals surface area contributed by atoms with Crippen LogP contribution < -0.4 is 0 Å². The van der Waals surface area contributed by atoms with Crippen LogP contribution in [-0.4, -0.2) is 32.9 Å². The first-order valence-corrected chi connectivity index (χ1v) is 5.57. The fraction of sp³-hybridized carbons (Fsp3) is 0.667. The van der Waals surface area contributed by atoms with Crippen molar-refractivity contribution in [2.24, 2.45) is 0 Å². The Bertz CT molecular complexity index is 384. The van der Waals surface area contributed by atoms with Crippen molar-refractivity contribution in [2.45, 2.75) is 51.6 Å². The van der Waals surface area contributed by atoms with Crippen molar-refractivity contribution >= 4 is 12.0 Å². The van der Waals surface area contributed by atoms with E-state index in [0.717, 1.165) is 16.9 Å². The molecule has 17 heavy (non-hydrogen) atoms. The van der Waals surface area contributed by atoms with Gasteiger partial charge < -0.3 is 5.53 Å². The van der Waals surface area contributed by atoms with E-state index in [-0.39, 0.29) is 5.78 Å². The van der Waals surface area contributed by atoms with E-state index in [9.17, 15) is 10.0 Å². The van der Waals surface area contributed by atoms with Crippen molar-refractivity contribution in [2.75, 3.05) is 0 Å². The van der Waals surface area contributed by atoms with Crippen LogP contribution in [0.5, 0.6) is 0 Å². The zero-order valence-electron chi connectivity index (χ0n) is 10.7. The molecule has 1 saturated heterocycles. The normalized spacial score (nSPS) is 22.8. The van der Waals surface area contributed by atoms with Crippen LogP contribution in [-0.2, 0) is 10.0 Å². The highest BCUT2D eigenvalue weighted by Crippen LogP contribution is 2.39. The SMILES string of the molecule is CC1(C)CC(=CC(=O)C=[N+]=[N-])CC(C)(C)N1[O]. The summed E-state index contributed by atoms with van der Waals surface area (Å²) in [5, 5.41) is 13.2. The molecule has 93 valence electrons. The molecule has 0 N–H and O–H groups in total. The molecule has 0 aromatic rings. The molecular formula is C12H18N3O2. The lowest BCUT2D eigenvalue weighted by molar-refractivity contribution is -0.279. The standard InChI is InChI=1S/C12H18N3O2/c1-11(2)6-9(5-10(16)8-14-13)7-12(3,4)15(11)17/h5,8H,6-7H2,1-4H3. The monoisotopic (exact) mass is 236 g/mol. The van der Waals surface area contributed by atoms with Crippen molar-refractivity contribution in [3.63, 3.8) is 0 Å². The number of piperidine rings is 1. The van der Waals surface area contributed by atoms with Crippen molar-refractivity contribution in [1.82, 2.24) is 5.06 Å². The summed E-state index contributed by atoms with van der Waals surface area (Å²) in [5.41, 5.74) is 8.14. The highest BCUT2D eigenvalue weighted by atomic mass is 16.5. The second kappa shape index (κ2) is 4.53. The summed E-state index contributed by atoms with van der Waals surface area (Å²) in [6.07, 6.45) is 3.41. The topological polar surface area (TPSA) is 76.6 Å². The lowest BCUT2D eigenvalue weighted by atomic mass is 9.78. The second-order valence-corrected chi connectivity index (χ2v) is 5.72. The van der Waals surface area contributed by atoms with Gasteiger partial charge in [-0.3, -0.25) is 4.79 Å². The van der Waals surface area contributed by atoms with Gasteiger partial charge in [0.15, 0.2) is 0 Å². The molecular weight excluding hydrogens is 218 g/mol. The summed E-state index contributed by atoms with van der Waals surface area (Å²) in [6.45, 7) is 7.44. The number of nitrogens with zero attached hydrogens (tertiary/aromatic N) is 3. The zero-order valence-corrected chi connectivity index (χ0v) is 10.7. The molecule has 1 rings (SSSR count). The van der Waals surface area contributed by atoms with Crippen LogP contribution in [0, 0.1) is 0 Å². The third kappa shape index (κ3) is 3.09. The zero-order chi connectivity index (χ0) is 13.3. The molecule has 1 heterocycles. The van der Waals surface area contributed by atoms with Crippen LogP contribution in [0.2, 0.25) is 0 Å². The Hall–Kier alpha value is -1.29. The molecule has 0 amide bonds. The third-order valence-corrected chi connectivity index (χ3v) is 2.95. The molecule has 0 aromatic heterocycles. The summed E-state index contributed by atoms with van der Waals surface area (Å²) in [6, 6.07) is 0. The van der Waals surface area contributed by atoms with Gasteiger partial charge in [-0.2, -0.15) is 4.79 Å². The van der Waals surface area contributed by atoms with Gasteiger partial charge in [-0.25, -0.2) is 0 Å². The van der Waals surface area contributed by atoms with Gasteiger partial charge in [0.1, 0.15) is 0 Å². The first-order chi connectivity index (χ1) is 7.69. The van der Waals surface area contributed by atoms with Crippen molar-refractivity contribution in [3.8, 4) is 0 Å². The van der Waals surface area contributed by atoms with Crippen molar-refractivity contribution < 1.29 is 14.8 Å². The third-order valence-electron chi connectivity index (χ3n) is 2.95. The van der Waals surface area contributed by atoms with E-state index in [0.29, 0.717) is 12.8 Å². The molecule has 0 aromatic carbocycles. The van der Waals surface area contributed by atoms with Gasteiger partial charge in [0.05, 0.1) is 0 Å². The Kier molecular flexibility index (Phi) is 3.67. The number of hydrogen-bond acceptors (Lipinski definition) is 2. The fourth-order valence-electron chi connectivity index (χ4n) is 2.53. The maximum Gasteiger partial charge on any atom is 0.327 e. The van der Waals surface area contributed by atoms with Gasteiger partial charge in [-0.05, 0) is 46.6 Å². The summed E-state index contributed by atoms with van der Waals surface area (Å²) < 4.78 is 0. The minimum atomic E-state index is -0.524. The van der Waals surface area contributed by atoms with Gasteiger partial charge in [0.2, 0.25) is 0 Å². The largest absolute Gasteiger partial charge is 0.361 e. The highest BCUT2D eigenvalue weighted by molar-refractivity contribution is 6.30. The Morgan fingerprint density at radius 2 is 1.76 bits per heavy atom. The van der Waals surface area contributed by atoms with Crippen molar-refractivity contribution in [1.29, 1.82) is 0 Å². The summed E-state index contributed by atoms with van der Waals surface area (Å²) in [5.74, 6) is -0.353. The van der Waals surface area contributed by atoms with E-state index in [4.69, 9.17) is 5.53 Å². The molecule has 1 radical (unpaired) electrons. The van der Waals surface area contributed by atoms with Gasteiger partial charge in [-0.1, -0.05) is 5.57 Å². The fourth-order valence-corrected chi connectivity index (χ4v) is 2.53. The van der Waals surface area contributed by atoms with Crippen LogP contribution in [0.3, 0.4) is 0 Å². The lowest BCUT2D eigenvalue weighted by Gasteiger charge is -2.47. The molecule has 5 heteroatoms. The first kappa shape index (κ1) is 13.8. The minimum absolute atomic E-state index is 0.353. The van der Waals surface area contributed by atoms with Crippen LogP contribution in [0.25, 0.3) is 5.53 Å². The number of allylic oxidation sites excluding steroid dienone is 1. The molecule has 1 fully saturated rings. The maximum absolute atomic E-state index is 12.1. The number of hydrogen-bond donors (Lipinski definition) is 0. The smallest absolute Gasteiger partial charge is 0.327 e. The number of hydroxylamine groups is 2. The first-order valence-electron chi connectivity index (χ1n) is 5.57.